The monoisotopic (exact) mass is 302 g/mol. The molecule has 0 aliphatic heterocycles. The lowest BCUT2D eigenvalue weighted by Crippen LogP contribution is -2.38. The lowest BCUT2D eigenvalue weighted by atomic mass is 10.0. The highest BCUT2D eigenvalue weighted by Crippen LogP contribution is 2.12. The van der Waals surface area contributed by atoms with Crippen LogP contribution in [-0.4, -0.2) is 22.1 Å². The number of nitrogens with zero attached hydrogens (tertiary/aromatic N) is 2. The Balaban J connectivity index is 0.00000172. The maximum Gasteiger partial charge on any atom is 0.333 e. The first-order valence-corrected chi connectivity index (χ1v) is 7.55. The maximum atomic E-state index is 11.9. The van der Waals surface area contributed by atoms with E-state index in [0.717, 1.165) is 10.8 Å². The third-order valence-electron chi connectivity index (χ3n) is 3.18. The van der Waals surface area contributed by atoms with Crippen LogP contribution in [0.15, 0.2) is 15.8 Å². The molecule has 0 N–H and O–H groups in total. The van der Waals surface area contributed by atoms with Crippen LogP contribution in [0.3, 0.4) is 0 Å². The Morgan fingerprint density at radius 1 is 1.35 bits per heavy atom. The normalized spacial score (nSPS) is 13.3. The molecule has 0 bridgehead atoms. The lowest BCUT2D eigenvalue weighted by Gasteiger charge is -2.22. The van der Waals surface area contributed by atoms with E-state index in [1.165, 1.54) is 0 Å². The van der Waals surface area contributed by atoms with E-state index >= 15 is 0 Å². The van der Waals surface area contributed by atoms with Crippen LogP contribution in [0.4, 0.5) is 0 Å². The van der Waals surface area contributed by atoms with Gasteiger partial charge in [-0.2, -0.15) is 0 Å². The van der Waals surface area contributed by atoms with Crippen molar-refractivity contribution in [3.8, 4) is 0 Å². The van der Waals surface area contributed by atoms with Crippen molar-refractivity contribution in [1.29, 1.82) is 0 Å². The number of aryl methyl sites for hydroxylation is 1. The zero-order chi connectivity index (χ0) is 15.9. The molecule has 5 nitrogen and oxygen atoms in total. The second-order valence-corrected chi connectivity index (χ2v) is 5.10. The fraction of sp³-hybridized carbons (Fsp3) is 0.714. The quantitative estimate of drug-likeness (QED) is 0.782. The van der Waals surface area contributed by atoms with Gasteiger partial charge in [0.2, 0.25) is 0 Å². The first-order valence-electron chi connectivity index (χ1n) is 7.03. The minimum atomic E-state index is -0.312. The van der Waals surface area contributed by atoms with Crippen LogP contribution in [0.25, 0.3) is 0 Å². The van der Waals surface area contributed by atoms with Crippen molar-refractivity contribution in [3.05, 3.63) is 32.6 Å². The number of aromatic nitrogens is 2. The summed E-state index contributed by atoms with van der Waals surface area (Å²) in [4.78, 5) is 23.5. The van der Waals surface area contributed by atoms with Crippen LogP contribution in [-0.2, 0) is 11.3 Å². The second-order valence-electron chi connectivity index (χ2n) is 4.58. The van der Waals surface area contributed by atoms with Crippen molar-refractivity contribution in [2.45, 2.75) is 53.7 Å². The predicted molar refractivity (Wildman–Crippen MR) is 86.4 cm³/mol. The first kappa shape index (κ1) is 19.1. The maximum absolute atomic E-state index is 11.9. The molecule has 3 atom stereocenters. The fourth-order valence-electron chi connectivity index (χ4n) is 2.12. The Morgan fingerprint density at radius 2 is 1.90 bits per heavy atom. The van der Waals surface area contributed by atoms with E-state index in [4.69, 9.17) is 4.74 Å². The van der Waals surface area contributed by atoms with Gasteiger partial charge < -0.3 is 4.74 Å². The highest BCUT2D eigenvalue weighted by molar-refractivity contribution is 7.14. The molecule has 0 radical (unpaired) electrons. The molecule has 1 heterocycles. The fourth-order valence-corrected chi connectivity index (χ4v) is 2.47. The average molecular weight is 302 g/mol. The smallest absolute Gasteiger partial charge is 0.333 e. The molecular weight excluding hydrogens is 275 g/mol. The Hall–Kier alpha value is -0.930. The molecule has 0 aromatic carbocycles. The van der Waals surface area contributed by atoms with Gasteiger partial charge >= 0.3 is 5.69 Å². The summed E-state index contributed by atoms with van der Waals surface area (Å²) in [6.07, 6.45) is 2.62. The minimum Gasteiger partial charge on any atom is -0.381 e. The molecule has 0 saturated carbocycles. The Morgan fingerprint density at radius 3 is 2.35 bits per heavy atom. The molecule has 0 saturated heterocycles. The van der Waals surface area contributed by atoms with E-state index in [1.807, 2.05) is 20.8 Å². The molecule has 20 heavy (non-hydrogen) atoms. The molecule has 0 spiro atoms. The van der Waals surface area contributed by atoms with Gasteiger partial charge in [0, 0.05) is 31.3 Å². The Bertz CT molecular complexity index is 518. The molecule has 1 aromatic rings. The Kier molecular flexibility index (Phi) is 8.67. The van der Waals surface area contributed by atoms with Crippen LogP contribution < -0.4 is 11.2 Å². The highest BCUT2D eigenvalue weighted by atomic mass is 31.0. The van der Waals surface area contributed by atoms with Gasteiger partial charge in [0.15, 0.2) is 0 Å². The van der Waals surface area contributed by atoms with Gasteiger partial charge in [0.05, 0.1) is 6.10 Å². The summed E-state index contributed by atoms with van der Waals surface area (Å²) in [5, 5.41) is 0. The van der Waals surface area contributed by atoms with Gasteiger partial charge in [-0.1, -0.05) is 27.7 Å². The highest BCUT2D eigenvalue weighted by Gasteiger charge is 2.16. The summed E-state index contributed by atoms with van der Waals surface area (Å²) < 4.78 is 8.00. The zero-order valence-corrected chi connectivity index (χ0v) is 14.5. The van der Waals surface area contributed by atoms with E-state index in [1.54, 1.807) is 24.8 Å². The molecule has 1 aromatic heterocycles. The predicted octanol–water partition coefficient (Wildman–Crippen LogP) is 2.04. The van der Waals surface area contributed by atoms with Gasteiger partial charge in [-0.15, -0.1) is 0 Å². The number of hydrogen-bond acceptors (Lipinski definition) is 3. The van der Waals surface area contributed by atoms with Crippen molar-refractivity contribution in [2.24, 2.45) is 5.92 Å². The number of methoxy groups -OCH3 is 1. The van der Waals surface area contributed by atoms with Crippen LogP contribution >= 0.6 is 9.39 Å². The van der Waals surface area contributed by atoms with Gasteiger partial charge in [-0.3, -0.25) is 9.36 Å². The van der Waals surface area contributed by atoms with E-state index in [9.17, 15) is 9.59 Å². The SMILES string of the molecule is CC.CCC(OC)[C@H](C)Cn1cc(C)c(=O)n(P)c1=O. The molecule has 0 aliphatic carbocycles. The molecule has 0 fully saturated rings. The van der Waals surface area contributed by atoms with Crippen molar-refractivity contribution in [3.63, 3.8) is 0 Å². The summed E-state index contributed by atoms with van der Waals surface area (Å²) in [5.41, 5.74) is -0.0247. The van der Waals surface area contributed by atoms with Crippen LogP contribution in [0, 0.1) is 12.8 Å². The molecular formula is C14H27N2O3P. The van der Waals surface area contributed by atoms with Crippen LogP contribution in [0.1, 0.15) is 39.7 Å². The van der Waals surface area contributed by atoms with Gasteiger partial charge in [0.1, 0.15) is 0 Å². The Labute approximate surface area is 123 Å². The molecule has 2 unspecified atom stereocenters. The van der Waals surface area contributed by atoms with Crippen molar-refractivity contribution >= 4 is 9.39 Å². The summed E-state index contributed by atoms with van der Waals surface area (Å²) in [6, 6.07) is 0. The molecule has 6 heteroatoms. The third-order valence-corrected chi connectivity index (χ3v) is 3.64. The van der Waals surface area contributed by atoms with Crippen LogP contribution in [0.2, 0.25) is 0 Å². The van der Waals surface area contributed by atoms with Crippen molar-refractivity contribution in [1.82, 2.24) is 8.90 Å². The molecule has 1 rings (SSSR count). The second kappa shape index (κ2) is 9.09. The minimum absolute atomic E-state index is 0.113. The van der Waals surface area contributed by atoms with E-state index in [2.05, 4.69) is 16.3 Å². The summed E-state index contributed by atoms with van der Waals surface area (Å²) in [7, 11) is 3.84. The number of hydrogen-bond donors (Lipinski definition) is 0. The van der Waals surface area contributed by atoms with E-state index < -0.39 is 0 Å². The third kappa shape index (κ3) is 4.57. The summed E-state index contributed by atoms with van der Waals surface area (Å²) in [5.74, 6) is 0.208. The number of ether oxygens (including phenoxy) is 1. The lowest BCUT2D eigenvalue weighted by molar-refractivity contribution is 0.0486. The molecule has 0 amide bonds. The van der Waals surface area contributed by atoms with Crippen LogP contribution in [0.5, 0.6) is 0 Å². The largest absolute Gasteiger partial charge is 0.381 e. The van der Waals surface area contributed by atoms with E-state index in [-0.39, 0.29) is 23.3 Å². The average Bonchev–Trinajstić information content (AvgIpc) is 2.46. The van der Waals surface area contributed by atoms with Crippen molar-refractivity contribution < 1.29 is 4.74 Å². The molecule has 116 valence electrons. The summed E-state index contributed by atoms with van der Waals surface area (Å²) >= 11 is 0. The summed E-state index contributed by atoms with van der Waals surface area (Å²) in [6.45, 7) is 10.3. The molecule has 0 aliphatic rings. The van der Waals surface area contributed by atoms with Gasteiger partial charge in [-0.05, 0) is 22.7 Å². The van der Waals surface area contributed by atoms with E-state index in [0.29, 0.717) is 12.1 Å². The number of rotatable bonds is 5. The van der Waals surface area contributed by atoms with Gasteiger partial charge in [-0.25, -0.2) is 9.13 Å². The first-order chi connectivity index (χ1) is 9.42. The van der Waals surface area contributed by atoms with Gasteiger partial charge in [0.25, 0.3) is 5.56 Å². The standard InChI is InChI=1S/C12H21N2O3P.C2H6/c1-5-10(17-4)8(2)6-13-7-9(3)11(15)14(18)12(13)16;1-2/h7-8,10H,5-6,18H2,1-4H3;1-2H3/t8-,10?;/m1./s1. The zero-order valence-electron chi connectivity index (χ0n) is 13.3. The van der Waals surface area contributed by atoms with Crippen molar-refractivity contribution in [2.75, 3.05) is 7.11 Å². The topological polar surface area (TPSA) is 53.2 Å².